The van der Waals surface area contributed by atoms with E-state index in [1.165, 1.54) is 26.8 Å². The van der Waals surface area contributed by atoms with Gasteiger partial charge in [-0.1, -0.05) is 54.6 Å². The predicted molar refractivity (Wildman–Crippen MR) is 94.5 cm³/mol. The first-order valence-electron chi connectivity index (χ1n) is 7.02. The molecule has 0 saturated heterocycles. The van der Waals surface area contributed by atoms with Crippen molar-refractivity contribution in [3.05, 3.63) is 77.9 Å². The van der Waals surface area contributed by atoms with Crippen molar-refractivity contribution >= 4 is 34.1 Å². The van der Waals surface area contributed by atoms with Gasteiger partial charge >= 0.3 is 0 Å². The number of hydrogen-bond acceptors (Lipinski definition) is 1. The van der Waals surface area contributed by atoms with Crippen LogP contribution in [-0.2, 0) is 6.42 Å². The molecular weight excluding hydrogens is 296 g/mol. The average molecular weight is 313 g/mol. The molecule has 0 aliphatic heterocycles. The molecule has 2 heteroatoms. The molecule has 106 valence electrons. The summed E-state index contributed by atoms with van der Waals surface area (Å²) in [4.78, 5) is 1.27. The maximum absolute atomic E-state index is 6.63. The minimum atomic E-state index is 0.00622. The molecule has 3 aromatic carbocycles. The Hall–Kier alpha value is -1.44. The molecule has 0 aliphatic rings. The maximum atomic E-state index is 6.63. The van der Waals surface area contributed by atoms with E-state index in [9.17, 15) is 0 Å². The molecule has 0 saturated carbocycles. The van der Waals surface area contributed by atoms with Gasteiger partial charge in [-0.15, -0.1) is 23.4 Å². The van der Waals surface area contributed by atoms with Crippen LogP contribution in [0.25, 0.3) is 10.8 Å². The summed E-state index contributed by atoms with van der Waals surface area (Å²) in [5, 5.41) is 2.58. The summed E-state index contributed by atoms with van der Waals surface area (Å²) in [6.07, 6.45) is 2.94. The maximum Gasteiger partial charge on any atom is 0.0625 e. The highest BCUT2D eigenvalue weighted by molar-refractivity contribution is 7.98. The number of rotatable bonds is 4. The van der Waals surface area contributed by atoms with Gasteiger partial charge in [0.2, 0.25) is 0 Å². The average Bonchev–Trinajstić information content (AvgIpc) is 2.55. The first kappa shape index (κ1) is 14.5. The van der Waals surface area contributed by atoms with Gasteiger partial charge in [-0.2, -0.15) is 0 Å². The molecule has 0 fully saturated rings. The van der Waals surface area contributed by atoms with Gasteiger partial charge < -0.3 is 0 Å². The zero-order valence-electron chi connectivity index (χ0n) is 11.9. The third kappa shape index (κ3) is 3.25. The summed E-state index contributed by atoms with van der Waals surface area (Å²) in [6.45, 7) is 0. The second-order valence-electron chi connectivity index (χ2n) is 5.08. The van der Waals surface area contributed by atoms with Crippen molar-refractivity contribution in [2.45, 2.75) is 16.7 Å². The third-order valence-electron chi connectivity index (χ3n) is 3.76. The lowest BCUT2D eigenvalue weighted by atomic mass is 9.98. The fourth-order valence-electron chi connectivity index (χ4n) is 2.59. The van der Waals surface area contributed by atoms with Gasteiger partial charge in [-0.25, -0.2) is 0 Å². The Labute approximate surface area is 135 Å². The minimum Gasteiger partial charge on any atom is -0.130 e. The third-order valence-corrected chi connectivity index (χ3v) is 4.91. The van der Waals surface area contributed by atoms with E-state index in [0.717, 1.165) is 6.42 Å². The molecule has 0 heterocycles. The topological polar surface area (TPSA) is 0 Å². The van der Waals surface area contributed by atoms with Crippen LogP contribution >= 0.6 is 23.4 Å². The smallest absolute Gasteiger partial charge is 0.0625 e. The van der Waals surface area contributed by atoms with Crippen molar-refractivity contribution < 1.29 is 0 Å². The van der Waals surface area contributed by atoms with Gasteiger partial charge in [0.1, 0.15) is 0 Å². The lowest BCUT2D eigenvalue weighted by molar-refractivity contribution is 0.925. The van der Waals surface area contributed by atoms with Crippen LogP contribution in [0, 0.1) is 0 Å². The molecule has 0 radical (unpaired) electrons. The van der Waals surface area contributed by atoms with Crippen molar-refractivity contribution in [3.8, 4) is 0 Å². The van der Waals surface area contributed by atoms with Gasteiger partial charge in [0.25, 0.3) is 0 Å². The number of benzene rings is 3. The molecule has 0 bridgehead atoms. The Morgan fingerprint density at radius 3 is 2.38 bits per heavy atom. The van der Waals surface area contributed by atoms with Crippen LogP contribution < -0.4 is 0 Å². The molecule has 1 atom stereocenters. The monoisotopic (exact) mass is 312 g/mol. The first-order valence-corrected chi connectivity index (χ1v) is 8.68. The van der Waals surface area contributed by atoms with Gasteiger partial charge in [-0.05, 0) is 46.7 Å². The van der Waals surface area contributed by atoms with E-state index >= 15 is 0 Å². The SMILES string of the molecule is CSc1ccc(C(Cl)Cc2cccc3ccccc23)cc1. The fraction of sp³-hybridized carbons (Fsp3) is 0.158. The Kier molecular flexibility index (Phi) is 4.52. The summed E-state index contributed by atoms with van der Waals surface area (Å²) in [7, 11) is 0. The number of alkyl halides is 1. The van der Waals surface area contributed by atoms with Crippen molar-refractivity contribution in [1.82, 2.24) is 0 Å². The molecule has 0 amide bonds. The normalized spacial score (nSPS) is 12.5. The second-order valence-corrected chi connectivity index (χ2v) is 6.49. The summed E-state index contributed by atoms with van der Waals surface area (Å²) in [6, 6.07) is 23.5. The molecule has 0 nitrogen and oxygen atoms in total. The fourth-order valence-corrected chi connectivity index (χ4v) is 3.31. The molecule has 0 N–H and O–H groups in total. The lowest BCUT2D eigenvalue weighted by Crippen LogP contribution is -1.96. The van der Waals surface area contributed by atoms with Crippen molar-refractivity contribution in [2.24, 2.45) is 0 Å². The lowest BCUT2D eigenvalue weighted by Gasteiger charge is -2.12. The highest BCUT2D eigenvalue weighted by Crippen LogP contribution is 2.29. The molecule has 0 aliphatic carbocycles. The summed E-state index contributed by atoms with van der Waals surface area (Å²) in [5.41, 5.74) is 2.49. The van der Waals surface area contributed by atoms with E-state index in [-0.39, 0.29) is 5.38 Å². The standard InChI is InChI=1S/C19H17ClS/c1-21-17-11-9-15(10-12-17)19(20)13-16-7-4-6-14-5-2-3-8-18(14)16/h2-12,19H,13H2,1H3. The van der Waals surface area contributed by atoms with Crippen molar-refractivity contribution in [3.63, 3.8) is 0 Å². The molecule has 3 rings (SSSR count). The molecular formula is C19H17ClS. The van der Waals surface area contributed by atoms with Crippen LogP contribution in [0.3, 0.4) is 0 Å². The number of halogens is 1. The van der Waals surface area contributed by atoms with Gasteiger partial charge in [0, 0.05) is 4.90 Å². The van der Waals surface area contributed by atoms with Crippen molar-refractivity contribution in [2.75, 3.05) is 6.26 Å². The Balaban J connectivity index is 1.87. The zero-order chi connectivity index (χ0) is 14.7. The van der Waals surface area contributed by atoms with E-state index in [4.69, 9.17) is 11.6 Å². The van der Waals surface area contributed by atoms with Gasteiger partial charge in [0.05, 0.1) is 5.38 Å². The van der Waals surface area contributed by atoms with Crippen LogP contribution in [0.5, 0.6) is 0 Å². The second kappa shape index (κ2) is 6.55. The van der Waals surface area contributed by atoms with Crippen LogP contribution in [0.2, 0.25) is 0 Å². The molecule has 3 aromatic rings. The summed E-state index contributed by atoms with van der Waals surface area (Å²) < 4.78 is 0. The quantitative estimate of drug-likeness (QED) is 0.415. The zero-order valence-corrected chi connectivity index (χ0v) is 13.5. The van der Waals surface area contributed by atoms with E-state index in [1.54, 1.807) is 11.8 Å². The van der Waals surface area contributed by atoms with E-state index in [0.29, 0.717) is 0 Å². The minimum absolute atomic E-state index is 0.00622. The summed E-state index contributed by atoms with van der Waals surface area (Å²) in [5.74, 6) is 0. The number of thioether (sulfide) groups is 1. The number of hydrogen-bond donors (Lipinski definition) is 0. The predicted octanol–water partition coefficient (Wildman–Crippen LogP) is 6.08. The van der Waals surface area contributed by atoms with Crippen LogP contribution in [0.15, 0.2) is 71.6 Å². The van der Waals surface area contributed by atoms with Gasteiger partial charge in [0.15, 0.2) is 0 Å². The molecule has 0 aromatic heterocycles. The van der Waals surface area contributed by atoms with Crippen LogP contribution in [0.4, 0.5) is 0 Å². The van der Waals surface area contributed by atoms with E-state index in [1.807, 2.05) is 0 Å². The van der Waals surface area contributed by atoms with E-state index < -0.39 is 0 Å². The molecule has 21 heavy (non-hydrogen) atoms. The molecule has 1 unspecified atom stereocenters. The Morgan fingerprint density at radius 1 is 0.905 bits per heavy atom. The summed E-state index contributed by atoms with van der Waals surface area (Å²) >= 11 is 8.38. The first-order chi connectivity index (χ1) is 10.3. The Morgan fingerprint density at radius 2 is 1.62 bits per heavy atom. The van der Waals surface area contributed by atoms with Crippen LogP contribution in [-0.4, -0.2) is 6.26 Å². The van der Waals surface area contributed by atoms with Crippen LogP contribution in [0.1, 0.15) is 16.5 Å². The highest BCUT2D eigenvalue weighted by Gasteiger charge is 2.11. The van der Waals surface area contributed by atoms with E-state index in [2.05, 4.69) is 73.0 Å². The number of fused-ring (bicyclic) bond motifs is 1. The highest BCUT2D eigenvalue weighted by atomic mass is 35.5. The Bertz CT molecular complexity index is 729. The largest absolute Gasteiger partial charge is 0.130 e. The molecule has 0 spiro atoms. The van der Waals surface area contributed by atoms with Gasteiger partial charge in [-0.3, -0.25) is 0 Å². The van der Waals surface area contributed by atoms with Crippen molar-refractivity contribution in [1.29, 1.82) is 0 Å².